The second-order valence-corrected chi connectivity index (χ2v) is 16.3. The Morgan fingerprint density at radius 1 is 1.12 bits per heavy atom. The minimum Gasteiger partial charge on any atom is -0.490 e. The largest absolute Gasteiger partial charge is 0.490 e. The lowest BCUT2D eigenvalue weighted by atomic mass is 9.68. The van der Waals surface area contributed by atoms with Gasteiger partial charge in [-0.15, -0.1) is 0 Å². The van der Waals surface area contributed by atoms with Crippen LogP contribution in [0.25, 0.3) is 0 Å². The first-order chi connectivity index (χ1) is 23.2. The van der Waals surface area contributed by atoms with Gasteiger partial charge in [0, 0.05) is 35.3 Å². The molecule has 0 radical (unpaired) electrons. The molecule has 1 saturated carbocycles. The number of allylic oxidation sites excluding steroid dienone is 1. The summed E-state index contributed by atoms with van der Waals surface area (Å²) in [5, 5.41) is 0.0513. The highest BCUT2D eigenvalue weighted by molar-refractivity contribution is 7.90. The number of hydrogen-bond acceptors (Lipinski definition) is 7. The Hall–Kier alpha value is -3.40. The first-order valence-electron chi connectivity index (χ1n) is 17.3. The summed E-state index contributed by atoms with van der Waals surface area (Å²) in [5.41, 5.74) is 4.30. The Kier molecular flexibility index (Phi) is 9.55. The maximum absolute atomic E-state index is 13.5. The zero-order valence-electron chi connectivity index (χ0n) is 27.4. The maximum Gasteiger partial charge on any atom is 0.264 e. The Bertz CT molecular complexity index is 1780. The molecule has 1 amide bonds. The second kappa shape index (κ2) is 13.8. The molecule has 2 aromatic carbocycles. The van der Waals surface area contributed by atoms with Crippen molar-refractivity contribution < 1.29 is 22.7 Å². The van der Waals surface area contributed by atoms with Crippen molar-refractivity contribution in [3.05, 3.63) is 100 Å². The molecule has 1 fully saturated rings. The molecule has 2 bridgehead atoms. The molecule has 2 aliphatic heterocycles. The highest BCUT2D eigenvalue weighted by Gasteiger charge is 2.44. The predicted octanol–water partition coefficient (Wildman–Crippen LogP) is 7.01. The fourth-order valence-corrected chi connectivity index (χ4v) is 9.76. The van der Waals surface area contributed by atoms with Gasteiger partial charge in [0.15, 0.2) is 0 Å². The zero-order valence-corrected chi connectivity index (χ0v) is 29.0. The van der Waals surface area contributed by atoms with Crippen LogP contribution in [0.15, 0.2) is 72.9 Å². The Labute approximate surface area is 288 Å². The maximum atomic E-state index is 13.5. The first-order valence-corrected chi connectivity index (χ1v) is 19.2. The van der Waals surface area contributed by atoms with Gasteiger partial charge >= 0.3 is 0 Å². The molecule has 1 spiro atoms. The van der Waals surface area contributed by atoms with E-state index in [1.54, 1.807) is 12.3 Å². The molecule has 1 aromatic heterocycles. The molecule has 0 unspecified atom stereocenters. The number of fused-ring (bicyclic) bond motifs is 4. The number of carbonyl (C=O) groups excluding carboxylic acids is 1. The average molecular weight is 690 g/mol. The van der Waals surface area contributed by atoms with Gasteiger partial charge in [-0.1, -0.05) is 42.8 Å². The molecule has 8 nitrogen and oxygen atoms in total. The summed E-state index contributed by atoms with van der Waals surface area (Å²) in [6.45, 7) is 4.25. The van der Waals surface area contributed by atoms with Gasteiger partial charge in [-0.25, -0.2) is 13.1 Å². The number of aryl methyl sites for hydroxylation is 1. The SMILES string of the molecule is CC[C@@H]1CC/C=C\[C@H](OCc2ccccn2)[C@@H]2CC[C@H]2CN2C[C@@]3(CCCc4cc(Cl)ccc43)COc3ccc(cc32)C(=O)NS1(=O)=O. The molecule has 1 N–H and O–H groups in total. The second-order valence-electron chi connectivity index (χ2n) is 13.9. The van der Waals surface area contributed by atoms with Gasteiger partial charge in [0.05, 0.1) is 35.9 Å². The van der Waals surface area contributed by atoms with Crippen molar-refractivity contribution in [2.75, 3.05) is 24.6 Å². The van der Waals surface area contributed by atoms with Crippen LogP contribution in [0.5, 0.6) is 5.75 Å². The fourth-order valence-electron chi connectivity index (χ4n) is 8.14. The monoisotopic (exact) mass is 689 g/mol. The molecule has 48 heavy (non-hydrogen) atoms. The third-order valence-electron chi connectivity index (χ3n) is 10.9. The van der Waals surface area contributed by atoms with E-state index in [2.05, 4.69) is 38.9 Å². The number of anilines is 1. The number of carbonyl (C=O) groups is 1. The van der Waals surface area contributed by atoms with Crippen molar-refractivity contribution in [2.24, 2.45) is 11.8 Å². The normalized spacial score (nSPS) is 29.0. The van der Waals surface area contributed by atoms with Crippen molar-refractivity contribution in [1.82, 2.24) is 9.71 Å². The van der Waals surface area contributed by atoms with Crippen LogP contribution >= 0.6 is 11.6 Å². The van der Waals surface area contributed by atoms with Gasteiger partial charge in [-0.2, -0.15) is 0 Å². The molecule has 254 valence electrons. The molecule has 5 atom stereocenters. The van der Waals surface area contributed by atoms with E-state index < -0.39 is 21.2 Å². The van der Waals surface area contributed by atoms with Gasteiger partial charge < -0.3 is 14.4 Å². The molecule has 3 heterocycles. The molecular formula is C38H44ClN3O5S. The van der Waals surface area contributed by atoms with Crippen LogP contribution in [0.3, 0.4) is 0 Å². The van der Waals surface area contributed by atoms with E-state index in [0.29, 0.717) is 56.3 Å². The van der Waals surface area contributed by atoms with Gasteiger partial charge in [-0.3, -0.25) is 9.78 Å². The fraction of sp³-hybridized carbons (Fsp3) is 0.474. The Balaban J connectivity index is 1.27. The lowest BCUT2D eigenvalue weighted by Crippen LogP contribution is -2.49. The van der Waals surface area contributed by atoms with Crippen molar-refractivity contribution in [1.29, 1.82) is 0 Å². The Morgan fingerprint density at radius 3 is 2.81 bits per heavy atom. The molecule has 2 aliphatic carbocycles. The highest BCUT2D eigenvalue weighted by atomic mass is 35.5. The van der Waals surface area contributed by atoms with Crippen LogP contribution in [-0.2, 0) is 33.2 Å². The summed E-state index contributed by atoms with van der Waals surface area (Å²) in [4.78, 5) is 20.4. The number of hydrogen-bond donors (Lipinski definition) is 1. The van der Waals surface area contributed by atoms with E-state index in [4.69, 9.17) is 21.1 Å². The van der Waals surface area contributed by atoms with E-state index in [9.17, 15) is 13.2 Å². The molecule has 0 saturated heterocycles. The van der Waals surface area contributed by atoms with E-state index >= 15 is 0 Å². The molecule has 7 rings (SSSR count). The quantitative estimate of drug-likeness (QED) is 0.295. The number of pyridine rings is 1. The number of amides is 1. The standard InChI is InChI=1S/C38H44ClN3O5S/c1-2-31-10-3-4-11-35(46-23-30-9-5-6-19-40-30)32-15-12-28(32)22-42-24-38(18-7-8-26-20-29(39)14-16-33(26)38)25-47-36-17-13-27(21-34(36)42)37(43)41-48(31,44)45/h4-6,9,11,13-14,16-17,19-21,28,31-32,35H,2-3,7-8,10,12,15,18,22-25H2,1H3,(H,41,43)/b11-4-/t28-,31+,32+,35-,38-/m0/s1. The zero-order chi connectivity index (χ0) is 33.3. The van der Waals surface area contributed by atoms with Crippen molar-refractivity contribution in [3.8, 4) is 5.75 Å². The summed E-state index contributed by atoms with van der Waals surface area (Å²) in [6, 6.07) is 17.4. The van der Waals surface area contributed by atoms with E-state index in [-0.39, 0.29) is 17.4 Å². The average Bonchev–Trinajstić information content (AvgIpc) is 3.21. The topological polar surface area (TPSA) is 97.8 Å². The van der Waals surface area contributed by atoms with E-state index in [0.717, 1.165) is 55.1 Å². The predicted molar refractivity (Wildman–Crippen MR) is 188 cm³/mol. The summed E-state index contributed by atoms with van der Waals surface area (Å²) in [5.74, 6) is 0.739. The number of halogens is 1. The first kappa shape index (κ1) is 33.1. The van der Waals surface area contributed by atoms with Crippen LogP contribution < -0.4 is 14.4 Å². The third kappa shape index (κ3) is 6.74. The number of benzene rings is 2. The summed E-state index contributed by atoms with van der Waals surface area (Å²) in [7, 11) is -3.90. The Morgan fingerprint density at radius 2 is 2.02 bits per heavy atom. The van der Waals surface area contributed by atoms with Crippen molar-refractivity contribution in [2.45, 2.75) is 81.7 Å². The molecule has 4 aliphatic rings. The highest BCUT2D eigenvalue weighted by Crippen LogP contribution is 2.47. The number of nitrogens with zero attached hydrogens (tertiary/aromatic N) is 2. The van der Waals surface area contributed by atoms with Gasteiger partial charge in [0.2, 0.25) is 10.0 Å². The molecule has 3 aromatic rings. The van der Waals surface area contributed by atoms with Crippen LogP contribution in [0.4, 0.5) is 5.69 Å². The lowest BCUT2D eigenvalue weighted by molar-refractivity contribution is -0.0237. The molecular weight excluding hydrogens is 646 g/mol. The van der Waals surface area contributed by atoms with Crippen LogP contribution in [0.2, 0.25) is 5.02 Å². The third-order valence-corrected chi connectivity index (χ3v) is 13.1. The lowest BCUT2D eigenvalue weighted by Gasteiger charge is -2.46. The van der Waals surface area contributed by atoms with Crippen LogP contribution in [0, 0.1) is 11.8 Å². The van der Waals surface area contributed by atoms with E-state index in [1.807, 2.05) is 43.3 Å². The number of sulfonamides is 1. The minimum atomic E-state index is -3.90. The summed E-state index contributed by atoms with van der Waals surface area (Å²) < 4.78 is 42.4. The van der Waals surface area contributed by atoms with Crippen molar-refractivity contribution in [3.63, 3.8) is 0 Å². The van der Waals surface area contributed by atoms with Gasteiger partial charge in [0.25, 0.3) is 5.91 Å². The molecule has 10 heteroatoms. The van der Waals surface area contributed by atoms with Gasteiger partial charge in [-0.05, 0) is 117 Å². The van der Waals surface area contributed by atoms with E-state index in [1.165, 1.54) is 11.1 Å². The van der Waals surface area contributed by atoms with Crippen molar-refractivity contribution >= 4 is 33.2 Å². The number of aromatic nitrogens is 1. The smallest absolute Gasteiger partial charge is 0.264 e. The minimum absolute atomic E-state index is 0.129. The number of nitrogens with one attached hydrogen (secondary N) is 1. The summed E-state index contributed by atoms with van der Waals surface area (Å²) in [6.07, 6.45) is 12.3. The number of rotatable bonds is 4. The van der Waals surface area contributed by atoms with Crippen LogP contribution in [-0.4, -0.2) is 50.4 Å². The van der Waals surface area contributed by atoms with Gasteiger partial charge in [0.1, 0.15) is 5.75 Å². The summed E-state index contributed by atoms with van der Waals surface area (Å²) >= 11 is 6.45. The number of ether oxygens (including phenoxy) is 2. The van der Waals surface area contributed by atoms with Crippen LogP contribution in [0.1, 0.15) is 79.0 Å².